The van der Waals surface area contributed by atoms with Crippen LogP contribution in [0.3, 0.4) is 0 Å². The summed E-state index contributed by atoms with van der Waals surface area (Å²) in [6.07, 6.45) is 3.89. The Hall–Kier alpha value is -1.81. The van der Waals surface area contributed by atoms with Gasteiger partial charge in [0, 0.05) is 38.8 Å². The van der Waals surface area contributed by atoms with E-state index in [2.05, 4.69) is 53.4 Å². The molecule has 0 aliphatic carbocycles. The van der Waals surface area contributed by atoms with E-state index < -0.39 is 0 Å². The number of hydrogen-bond acceptors (Lipinski definition) is 2. The maximum Gasteiger partial charge on any atom is 0.191 e. The maximum absolute atomic E-state index is 5.60. The number of ether oxygens (including phenoxy) is 1. The predicted octanol–water partition coefficient (Wildman–Crippen LogP) is 2.39. The molecule has 0 saturated carbocycles. The first-order chi connectivity index (χ1) is 10.7. The first-order valence-corrected chi connectivity index (χ1v) is 7.91. The molecule has 0 unspecified atom stereocenters. The molecule has 0 bridgehead atoms. The number of hydrogen-bond donors (Lipinski definition) is 2. The van der Waals surface area contributed by atoms with E-state index >= 15 is 0 Å². The Kier molecular flexibility index (Phi) is 6.01. The third-order valence-electron chi connectivity index (χ3n) is 4.40. The Balaban J connectivity index is 2.16. The molecule has 2 rings (SSSR count). The van der Waals surface area contributed by atoms with Crippen LogP contribution in [0.15, 0.2) is 41.9 Å². The summed E-state index contributed by atoms with van der Waals surface area (Å²) >= 11 is 0. The quantitative estimate of drug-likeness (QED) is 0.499. The zero-order valence-corrected chi connectivity index (χ0v) is 13.7. The Bertz CT molecular complexity index is 519. The standard InChI is InChI=1S/C18H27N3O/c1-4-11-20-17(19-3)21-14-18(9-12-22-13-10-18)16-8-6-5-7-15(16)2/h4-8H,1,9-14H2,2-3H3,(H2,19,20,21). The van der Waals surface area contributed by atoms with E-state index in [0.29, 0.717) is 6.54 Å². The van der Waals surface area contributed by atoms with Crippen molar-refractivity contribution >= 4 is 5.96 Å². The van der Waals surface area contributed by atoms with Crippen LogP contribution in [0.4, 0.5) is 0 Å². The Morgan fingerprint density at radius 2 is 2.05 bits per heavy atom. The van der Waals surface area contributed by atoms with Crippen molar-refractivity contribution in [2.24, 2.45) is 4.99 Å². The van der Waals surface area contributed by atoms with Gasteiger partial charge in [0.15, 0.2) is 5.96 Å². The van der Waals surface area contributed by atoms with Crippen LogP contribution in [0.2, 0.25) is 0 Å². The molecule has 2 N–H and O–H groups in total. The van der Waals surface area contributed by atoms with Gasteiger partial charge in [0.1, 0.15) is 0 Å². The normalized spacial score (nSPS) is 17.8. The highest BCUT2D eigenvalue weighted by atomic mass is 16.5. The van der Waals surface area contributed by atoms with E-state index in [1.165, 1.54) is 11.1 Å². The van der Waals surface area contributed by atoms with Gasteiger partial charge >= 0.3 is 0 Å². The largest absolute Gasteiger partial charge is 0.381 e. The lowest BCUT2D eigenvalue weighted by Crippen LogP contribution is -2.48. The minimum Gasteiger partial charge on any atom is -0.381 e. The lowest BCUT2D eigenvalue weighted by molar-refractivity contribution is 0.0512. The van der Waals surface area contributed by atoms with Crippen LogP contribution < -0.4 is 10.6 Å². The molecule has 1 aliphatic rings. The van der Waals surface area contributed by atoms with Crippen LogP contribution in [0.5, 0.6) is 0 Å². The second-order valence-corrected chi connectivity index (χ2v) is 5.80. The molecule has 4 nitrogen and oxygen atoms in total. The minimum atomic E-state index is 0.107. The number of aryl methyl sites for hydroxylation is 1. The van der Waals surface area contributed by atoms with E-state index in [4.69, 9.17) is 4.74 Å². The average molecular weight is 301 g/mol. The van der Waals surface area contributed by atoms with Gasteiger partial charge in [0.05, 0.1) is 0 Å². The summed E-state index contributed by atoms with van der Waals surface area (Å²) in [6, 6.07) is 8.67. The predicted molar refractivity (Wildman–Crippen MR) is 92.5 cm³/mol. The first kappa shape index (κ1) is 16.6. The van der Waals surface area contributed by atoms with E-state index in [-0.39, 0.29) is 5.41 Å². The Morgan fingerprint density at radius 1 is 1.32 bits per heavy atom. The molecule has 0 aromatic heterocycles. The van der Waals surface area contributed by atoms with Crippen molar-refractivity contribution in [3.63, 3.8) is 0 Å². The molecule has 1 aromatic rings. The molecule has 22 heavy (non-hydrogen) atoms. The maximum atomic E-state index is 5.60. The number of nitrogens with one attached hydrogen (secondary N) is 2. The molecule has 0 spiro atoms. The number of benzene rings is 1. The molecule has 1 saturated heterocycles. The highest BCUT2D eigenvalue weighted by molar-refractivity contribution is 5.79. The molecular weight excluding hydrogens is 274 g/mol. The van der Waals surface area contributed by atoms with Crippen LogP contribution in [-0.4, -0.2) is 39.3 Å². The molecule has 4 heteroatoms. The van der Waals surface area contributed by atoms with Crippen molar-refractivity contribution in [2.75, 3.05) is 33.4 Å². The summed E-state index contributed by atoms with van der Waals surface area (Å²) in [5.74, 6) is 0.819. The average Bonchev–Trinajstić information content (AvgIpc) is 2.56. The van der Waals surface area contributed by atoms with Gasteiger partial charge in [-0.15, -0.1) is 6.58 Å². The monoisotopic (exact) mass is 301 g/mol. The second kappa shape index (κ2) is 7.99. The van der Waals surface area contributed by atoms with Crippen LogP contribution in [0, 0.1) is 6.92 Å². The summed E-state index contributed by atoms with van der Waals surface area (Å²) in [7, 11) is 1.79. The summed E-state index contributed by atoms with van der Waals surface area (Å²) < 4.78 is 5.60. The SMILES string of the molecule is C=CCNC(=NC)NCC1(c2ccccc2C)CCOCC1. The molecule has 0 radical (unpaired) electrons. The number of rotatable bonds is 5. The molecule has 1 aromatic carbocycles. The van der Waals surface area contributed by atoms with Crippen LogP contribution in [0.25, 0.3) is 0 Å². The fourth-order valence-corrected chi connectivity index (χ4v) is 3.11. The zero-order valence-electron chi connectivity index (χ0n) is 13.7. The Morgan fingerprint density at radius 3 is 2.68 bits per heavy atom. The molecule has 120 valence electrons. The van der Waals surface area contributed by atoms with Gasteiger partial charge in [-0.05, 0) is 30.9 Å². The number of guanidine groups is 1. The summed E-state index contributed by atoms with van der Waals surface area (Å²) in [6.45, 7) is 9.12. The van der Waals surface area contributed by atoms with Crippen molar-refractivity contribution in [3.05, 3.63) is 48.0 Å². The zero-order chi connectivity index (χ0) is 15.8. The van der Waals surface area contributed by atoms with E-state index in [0.717, 1.165) is 38.6 Å². The van der Waals surface area contributed by atoms with Crippen molar-refractivity contribution in [2.45, 2.75) is 25.2 Å². The number of nitrogens with zero attached hydrogens (tertiary/aromatic N) is 1. The van der Waals surface area contributed by atoms with E-state index in [1.807, 2.05) is 6.08 Å². The van der Waals surface area contributed by atoms with Crippen LogP contribution in [-0.2, 0) is 10.2 Å². The van der Waals surface area contributed by atoms with Gasteiger partial charge in [-0.25, -0.2) is 0 Å². The van der Waals surface area contributed by atoms with Crippen molar-refractivity contribution in [3.8, 4) is 0 Å². The molecule has 1 fully saturated rings. The van der Waals surface area contributed by atoms with Gasteiger partial charge in [0.25, 0.3) is 0 Å². The van der Waals surface area contributed by atoms with Crippen LogP contribution in [0.1, 0.15) is 24.0 Å². The first-order valence-electron chi connectivity index (χ1n) is 7.91. The molecule has 0 amide bonds. The second-order valence-electron chi connectivity index (χ2n) is 5.80. The van der Waals surface area contributed by atoms with Gasteiger partial charge in [0.2, 0.25) is 0 Å². The summed E-state index contributed by atoms with van der Waals surface area (Å²) in [5.41, 5.74) is 2.88. The smallest absolute Gasteiger partial charge is 0.191 e. The molecule has 1 heterocycles. The lowest BCUT2D eigenvalue weighted by atomic mass is 9.72. The van der Waals surface area contributed by atoms with Crippen LogP contribution >= 0.6 is 0 Å². The van der Waals surface area contributed by atoms with Crippen molar-refractivity contribution in [1.82, 2.24) is 10.6 Å². The minimum absolute atomic E-state index is 0.107. The fourth-order valence-electron chi connectivity index (χ4n) is 3.11. The summed E-state index contributed by atoms with van der Waals surface area (Å²) in [4.78, 5) is 4.27. The van der Waals surface area contributed by atoms with Crippen molar-refractivity contribution < 1.29 is 4.74 Å². The van der Waals surface area contributed by atoms with Gasteiger partial charge in [-0.2, -0.15) is 0 Å². The fraction of sp³-hybridized carbons (Fsp3) is 0.500. The summed E-state index contributed by atoms with van der Waals surface area (Å²) in [5, 5.41) is 6.71. The molecule has 0 atom stereocenters. The highest BCUT2D eigenvalue weighted by Crippen LogP contribution is 2.36. The third kappa shape index (κ3) is 3.89. The number of aliphatic imine (C=N–C) groups is 1. The molecule has 1 aliphatic heterocycles. The van der Waals surface area contributed by atoms with Gasteiger partial charge < -0.3 is 15.4 Å². The highest BCUT2D eigenvalue weighted by Gasteiger charge is 2.35. The van der Waals surface area contributed by atoms with E-state index in [9.17, 15) is 0 Å². The Labute approximate surface area is 133 Å². The lowest BCUT2D eigenvalue weighted by Gasteiger charge is -2.39. The van der Waals surface area contributed by atoms with Gasteiger partial charge in [-0.1, -0.05) is 30.3 Å². The van der Waals surface area contributed by atoms with Crippen molar-refractivity contribution in [1.29, 1.82) is 0 Å². The van der Waals surface area contributed by atoms with Gasteiger partial charge in [-0.3, -0.25) is 4.99 Å². The molecular formula is C18H27N3O. The van der Waals surface area contributed by atoms with E-state index in [1.54, 1.807) is 7.05 Å². The third-order valence-corrected chi connectivity index (χ3v) is 4.40. The topological polar surface area (TPSA) is 45.7 Å².